The fourth-order valence-electron chi connectivity index (χ4n) is 2.33. The first-order valence-electron chi connectivity index (χ1n) is 6.54. The third-order valence-electron chi connectivity index (χ3n) is 3.73. The summed E-state index contributed by atoms with van der Waals surface area (Å²) < 4.78 is 0. The molecule has 0 radical (unpaired) electrons. The number of carboxylic acid groups (broad SMARTS) is 1. The largest absolute Gasteiger partial charge is 0.480 e. The van der Waals surface area contributed by atoms with Gasteiger partial charge in [-0.1, -0.05) is 39.5 Å². The molecule has 2 N–H and O–H groups in total. The van der Waals surface area contributed by atoms with Crippen LogP contribution in [-0.4, -0.2) is 22.5 Å². The van der Waals surface area contributed by atoms with Gasteiger partial charge in [0.05, 0.1) is 0 Å². The van der Waals surface area contributed by atoms with Crippen molar-refractivity contribution >= 4 is 11.9 Å². The molecule has 98 valence electrons. The van der Waals surface area contributed by atoms with Crippen LogP contribution in [0.2, 0.25) is 0 Å². The first kappa shape index (κ1) is 14.0. The fourth-order valence-corrected chi connectivity index (χ4v) is 2.33. The summed E-state index contributed by atoms with van der Waals surface area (Å²) in [4.78, 5) is 23.2. The van der Waals surface area contributed by atoms with E-state index in [9.17, 15) is 14.7 Å². The van der Waals surface area contributed by atoms with Crippen molar-refractivity contribution in [3.8, 4) is 0 Å². The van der Waals surface area contributed by atoms with E-state index in [-0.39, 0.29) is 5.91 Å². The first-order valence-corrected chi connectivity index (χ1v) is 6.54. The fraction of sp³-hybridized carbons (Fsp3) is 0.846. The van der Waals surface area contributed by atoms with E-state index in [1.807, 2.05) is 13.8 Å². The van der Waals surface area contributed by atoms with Gasteiger partial charge in [-0.05, 0) is 18.8 Å². The molecule has 17 heavy (non-hydrogen) atoms. The monoisotopic (exact) mass is 241 g/mol. The van der Waals surface area contributed by atoms with Gasteiger partial charge in [-0.15, -0.1) is 0 Å². The number of carboxylic acids is 1. The molecule has 1 saturated carbocycles. The number of hydrogen-bond donors (Lipinski definition) is 2. The summed E-state index contributed by atoms with van der Waals surface area (Å²) in [6.07, 6.45) is 5.32. The Labute approximate surface area is 103 Å². The Morgan fingerprint density at radius 3 is 2.35 bits per heavy atom. The first-order chi connectivity index (χ1) is 8.00. The van der Waals surface area contributed by atoms with Crippen molar-refractivity contribution in [1.82, 2.24) is 5.32 Å². The van der Waals surface area contributed by atoms with Crippen LogP contribution in [0.1, 0.15) is 58.8 Å². The predicted octanol–water partition coefficient (Wildman–Crippen LogP) is 2.33. The third-order valence-corrected chi connectivity index (χ3v) is 3.73. The minimum Gasteiger partial charge on any atom is -0.480 e. The second-order valence-electron chi connectivity index (χ2n) is 5.21. The van der Waals surface area contributed by atoms with Crippen molar-refractivity contribution in [3.05, 3.63) is 0 Å². The minimum absolute atomic E-state index is 0.122. The van der Waals surface area contributed by atoms with Gasteiger partial charge in [0.1, 0.15) is 5.54 Å². The maximum Gasteiger partial charge on any atom is 0.329 e. The van der Waals surface area contributed by atoms with Crippen LogP contribution in [0.25, 0.3) is 0 Å². The van der Waals surface area contributed by atoms with Crippen LogP contribution >= 0.6 is 0 Å². The van der Waals surface area contributed by atoms with Crippen LogP contribution in [0.4, 0.5) is 0 Å². The number of hydrogen-bond acceptors (Lipinski definition) is 2. The van der Waals surface area contributed by atoms with Crippen molar-refractivity contribution in [3.63, 3.8) is 0 Å². The molecule has 4 heteroatoms. The predicted molar refractivity (Wildman–Crippen MR) is 65.7 cm³/mol. The van der Waals surface area contributed by atoms with E-state index in [1.165, 1.54) is 0 Å². The van der Waals surface area contributed by atoms with Gasteiger partial charge in [-0.25, -0.2) is 4.79 Å². The third kappa shape index (κ3) is 3.72. The number of rotatable bonds is 5. The van der Waals surface area contributed by atoms with E-state index in [0.29, 0.717) is 25.2 Å². The zero-order valence-electron chi connectivity index (χ0n) is 10.8. The summed E-state index contributed by atoms with van der Waals surface area (Å²) in [5.74, 6) is -0.692. The number of carbonyl (C=O) groups is 2. The van der Waals surface area contributed by atoms with Crippen molar-refractivity contribution in [1.29, 1.82) is 0 Å². The molecule has 1 amide bonds. The number of aliphatic carboxylic acids is 1. The summed E-state index contributed by atoms with van der Waals surface area (Å²) in [6, 6.07) is 0. The zero-order valence-corrected chi connectivity index (χ0v) is 10.8. The van der Waals surface area contributed by atoms with Gasteiger partial charge < -0.3 is 10.4 Å². The normalized spacial score (nSPS) is 20.6. The van der Waals surface area contributed by atoms with E-state index in [2.05, 4.69) is 5.32 Å². The Bertz CT molecular complexity index is 282. The number of nitrogens with one attached hydrogen (secondary N) is 1. The van der Waals surface area contributed by atoms with Gasteiger partial charge in [0, 0.05) is 6.42 Å². The topological polar surface area (TPSA) is 66.4 Å². The molecule has 1 fully saturated rings. The molecule has 0 aromatic carbocycles. The second kappa shape index (κ2) is 6.03. The summed E-state index contributed by atoms with van der Waals surface area (Å²) in [5.41, 5.74) is -0.997. The smallest absolute Gasteiger partial charge is 0.329 e. The molecule has 0 spiro atoms. The molecular formula is C13H23NO3. The molecule has 1 unspecified atom stereocenters. The lowest BCUT2D eigenvalue weighted by Gasteiger charge is -2.34. The molecule has 0 bridgehead atoms. The number of carbonyl (C=O) groups excluding carboxylic acids is 1. The summed E-state index contributed by atoms with van der Waals surface area (Å²) >= 11 is 0. The molecule has 0 aliphatic heterocycles. The van der Waals surface area contributed by atoms with E-state index in [4.69, 9.17) is 0 Å². The highest BCUT2D eigenvalue weighted by Crippen LogP contribution is 2.28. The molecule has 4 nitrogen and oxygen atoms in total. The summed E-state index contributed by atoms with van der Waals surface area (Å²) in [7, 11) is 0. The van der Waals surface area contributed by atoms with Gasteiger partial charge >= 0.3 is 5.97 Å². The highest BCUT2D eigenvalue weighted by molar-refractivity contribution is 5.87. The minimum atomic E-state index is -0.997. The lowest BCUT2D eigenvalue weighted by Crippen LogP contribution is -2.55. The van der Waals surface area contributed by atoms with Crippen LogP contribution in [0.15, 0.2) is 0 Å². The SMILES string of the molecule is CCC(C)CC(=O)NC1(C(=O)O)CCCCC1. The quantitative estimate of drug-likeness (QED) is 0.776. The Morgan fingerprint density at radius 1 is 1.29 bits per heavy atom. The Balaban J connectivity index is 2.60. The molecular weight excluding hydrogens is 218 g/mol. The lowest BCUT2D eigenvalue weighted by molar-refractivity contribution is -0.149. The Hall–Kier alpha value is -1.06. The van der Waals surface area contributed by atoms with Crippen LogP contribution in [0.3, 0.4) is 0 Å². The maximum atomic E-state index is 11.8. The van der Waals surface area contributed by atoms with Crippen molar-refractivity contribution in [2.24, 2.45) is 5.92 Å². The van der Waals surface area contributed by atoms with Crippen molar-refractivity contribution in [2.75, 3.05) is 0 Å². The van der Waals surface area contributed by atoms with Gasteiger partial charge in [0.25, 0.3) is 0 Å². The molecule has 1 rings (SSSR count). The molecule has 1 aliphatic rings. The van der Waals surface area contributed by atoms with Gasteiger partial charge in [-0.3, -0.25) is 4.79 Å². The second-order valence-corrected chi connectivity index (χ2v) is 5.21. The highest BCUT2D eigenvalue weighted by atomic mass is 16.4. The van der Waals surface area contributed by atoms with E-state index in [0.717, 1.165) is 25.7 Å². The lowest BCUT2D eigenvalue weighted by atomic mass is 9.81. The average Bonchev–Trinajstić information content (AvgIpc) is 2.29. The van der Waals surface area contributed by atoms with Crippen LogP contribution in [0.5, 0.6) is 0 Å². The molecule has 0 aromatic rings. The molecule has 0 saturated heterocycles. The van der Waals surface area contributed by atoms with Gasteiger partial charge in [-0.2, -0.15) is 0 Å². The van der Waals surface area contributed by atoms with Crippen LogP contribution in [0, 0.1) is 5.92 Å². The number of amides is 1. The van der Waals surface area contributed by atoms with E-state index >= 15 is 0 Å². The Kier molecular flexibility index (Phi) is 4.97. The molecule has 1 aliphatic carbocycles. The summed E-state index contributed by atoms with van der Waals surface area (Å²) in [6.45, 7) is 4.04. The van der Waals surface area contributed by atoms with E-state index in [1.54, 1.807) is 0 Å². The standard InChI is InChI=1S/C13H23NO3/c1-3-10(2)9-11(15)14-13(12(16)17)7-5-4-6-8-13/h10H,3-9H2,1-2H3,(H,14,15)(H,16,17). The van der Waals surface area contributed by atoms with Crippen molar-refractivity contribution < 1.29 is 14.7 Å². The summed E-state index contributed by atoms with van der Waals surface area (Å²) in [5, 5.41) is 12.1. The molecule has 0 aromatic heterocycles. The average molecular weight is 241 g/mol. The van der Waals surface area contributed by atoms with Crippen LogP contribution in [-0.2, 0) is 9.59 Å². The van der Waals surface area contributed by atoms with Gasteiger partial charge in [0.15, 0.2) is 0 Å². The van der Waals surface area contributed by atoms with Gasteiger partial charge in [0.2, 0.25) is 5.91 Å². The molecule has 1 atom stereocenters. The molecule has 0 heterocycles. The Morgan fingerprint density at radius 2 is 1.88 bits per heavy atom. The zero-order chi connectivity index (χ0) is 12.9. The highest BCUT2D eigenvalue weighted by Gasteiger charge is 2.40. The van der Waals surface area contributed by atoms with E-state index < -0.39 is 11.5 Å². The van der Waals surface area contributed by atoms with Crippen LogP contribution < -0.4 is 5.32 Å². The maximum absolute atomic E-state index is 11.8. The van der Waals surface area contributed by atoms with Crippen molar-refractivity contribution in [2.45, 2.75) is 64.3 Å².